The van der Waals surface area contributed by atoms with Crippen molar-refractivity contribution in [1.29, 1.82) is 0 Å². The average Bonchev–Trinajstić information content (AvgIpc) is 3.08. The van der Waals surface area contributed by atoms with Gasteiger partial charge in [0.25, 0.3) is 0 Å². The predicted octanol–water partition coefficient (Wildman–Crippen LogP) is 3.00. The fraction of sp³-hybridized carbons (Fsp3) is 0.421. The molecule has 126 valence electrons. The van der Waals surface area contributed by atoms with Gasteiger partial charge < -0.3 is 9.88 Å². The third kappa shape index (κ3) is 4.10. The molecule has 1 N–H and O–H groups in total. The quantitative estimate of drug-likeness (QED) is 0.919. The van der Waals surface area contributed by atoms with E-state index in [4.69, 9.17) is 0 Å². The first-order valence-electron chi connectivity index (χ1n) is 8.40. The number of benzene rings is 1. The van der Waals surface area contributed by atoms with Crippen LogP contribution in [0.4, 0.5) is 5.69 Å². The molecular weight excluding hydrogens is 300 g/mol. The number of hydrogen-bond donors (Lipinski definition) is 1. The van der Waals surface area contributed by atoms with E-state index in [1.54, 1.807) is 6.33 Å². The largest absolute Gasteiger partial charge is 0.378 e. The van der Waals surface area contributed by atoms with Crippen LogP contribution < -0.4 is 4.90 Å². The number of Topliss-reactive ketones (excluding diaryl/α,β-unsaturated/α-hetero) is 1. The van der Waals surface area contributed by atoms with Crippen LogP contribution in [-0.2, 0) is 11.2 Å². The number of nitrogens with zero attached hydrogens (tertiary/aromatic N) is 3. The Hall–Kier alpha value is -2.43. The minimum absolute atomic E-state index is 0.258. The number of imidazole rings is 1. The molecule has 0 bridgehead atoms. The second-order valence-electron chi connectivity index (χ2n) is 6.58. The SMILES string of the molecule is CN(C)c1ccc([C@@H]2CC(=O)CC(=NCCc3cnc[nH]3)C2)cc1. The van der Waals surface area contributed by atoms with Gasteiger partial charge in [-0.1, -0.05) is 12.1 Å². The first-order chi connectivity index (χ1) is 11.6. The summed E-state index contributed by atoms with van der Waals surface area (Å²) in [4.78, 5) is 26.0. The Balaban J connectivity index is 1.65. The van der Waals surface area contributed by atoms with Crippen molar-refractivity contribution in [2.45, 2.75) is 31.6 Å². The minimum atomic E-state index is 0.258. The summed E-state index contributed by atoms with van der Waals surface area (Å²) in [7, 11) is 4.06. The highest BCUT2D eigenvalue weighted by Crippen LogP contribution is 2.30. The molecule has 0 amide bonds. The molecule has 1 aliphatic carbocycles. The van der Waals surface area contributed by atoms with Gasteiger partial charge in [-0.15, -0.1) is 0 Å². The first kappa shape index (κ1) is 16.4. The molecule has 1 fully saturated rings. The van der Waals surface area contributed by atoms with Crippen LogP contribution in [0.25, 0.3) is 0 Å². The van der Waals surface area contributed by atoms with Gasteiger partial charge in [0.2, 0.25) is 0 Å². The Morgan fingerprint density at radius 3 is 2.71 bits per heavy atom. The van der Waals surface area contributed by atoms with Crippen molar-refractivity contribution in [2.24, 2.45) is 4.99 Å². The molecule has 5 heteroatoms. The molecule has 1 atom stereocenters. The number of hydrogen-bond acceptors (Lipinski definition) is 4. The molecule has 2 aromatic rings. The van der Waals surface area contributed by atoms with E-state index in [1.807, 2.05) is 20.3 Å². The molecule has 1 aromatic carbocycles. The van der Waals surface area contributed by atoms with E-state index in [-0.39, 0.29) is 5.92 Å². The maximum atomic E-state index is 12.1. The number of carbonyl (C=O) groups is 1. The van der Waals surface area contributed by atoms with Crippen molar-refractivity contribution in [3.05, 3.63) is 48.0 Å². The second-order valence-corrected chi connectivity index (χ2v) is 6.58. The van der Waals surface area contributed by atoms with Crippen LogP contribution in [0.1, 0.15) is 36.4 Å². The van der Waals surface area contributed by atoms with Gasteiger partial charge in [-0.3, -0.25) is 9.79 Å². The molecule has 1 aromatic heterocycles. The third-order valence-corrected chi connectivity index (χ3v) is 4.51. The van der Waals surface area contributed by atoms with Crippen molar-refractivity contribution in [2.75, 3.05) is 25.5 Å². The Morgan fingerprint density at radius 1 is 1.25 bits per heavy atom. The van der Waals surface area contributed by atoms with Gasteiger partial charge in [-0.05, 0) is 30.0 Å². The maximum Gasteiger partial charge on any atom is 0.139 e. The van der Waals surface area contributed by atoms with Crippen molar-refractivity contribution >= 4 is 17.2 Å². The van der Waals surface area contributed by atoms with Crippen LogP contribution in [0.3, 0.4) is 0 Å². The van der Waals surface area contributed by atoms with Crippen LogP contribution in [0.15, 0.2) is 41.8 Å². The Labute approximate surface area is 142 Å². The van der Waals surface area contributed by atoms with E-state index in [0.29, 0.717) is 25.2 Å². The second kappa shape index (κ2) is 7.43. The average molecular weight is 324 g/mol. The van der Waals surface area contributed by atoms with Gasteiger partial charge in [0, 0.05) is 63.2 Å². The molecule has 3 rings (SSSR count). The standard InChI is InChI=1S/C19H24N4O/c1-23(2)18-5-3-14(4-6-18)15-9-17(11-19(24)10-15)21-8-7-16-12-20-13-22-16/h3-6,12-13,15H,7-11H2,1-2H3,(H,20,22)/t15-/m0/s1. The van der Waals surface area contributed by atoms with Crippen LogP contribution >= 0.6 is 0 Å². The molecular formula is C19H24N4O. The zero-order valence-corrected chi connectivity index (χ0v) is 14.3. The zero-order valence-electron chi connectivity index (χ0n) is 14.3. The van der Waals surface area contributed by atoms with Gasteiger partial charge in [0.05, 0.1) is 6.33 Å². The van der Waals surface area contributed by atoms with Gasteiger partial charge in [-0.2, -0.15) is 0 Å². The van der Waals surface area contributed by atoms with E-state index in [1.165, 1.54) is 11.3 Å². The van der Waals surface area contributed by atoms with E-state index < -0.39 is 0 Å². The molecule has 0 spiro atoms. The molecule has 1 saturated carbocycles. The summed E-state index contributed by atoms with van der Waals surface area (Å²) in [5.74, 6) is 0.552. The fourth-order valence-electron chi connectivity index (χ4n) is 3.16. The molecule has 0 saturated heterocycles. The molecule has 5 nitrogen and oxygen atoms in total. The monoisotopic (exact) mass is 324 g/mol. The van der Waals surface area contributed by atoms with E-state index >= 15 is 0 Å². The van der Waals surface area contributed by atoms with Gasteiger partial charge in [0.1, 0.15) is 5.78 Å². The Kier molecular flexibility index (Phi) is 5.08. The minimum Gasteiger partial charge on any atom is -0.378 e. The normalized spacial score (nSPS) is 19.7. The number of anilines is 1. The van der Waals surface area contributed by atoms with Crippen LogP contribution in [0, 0.1) is 0 Å². The third-order valence-electron chi connectivity index (χ3n) is 4.51. The number of carbonyl (C=O) groups excluding carboxylic acids is 1. The number of aromatic amines is 1. The summed E-state index contributed by atoms with van der Waals surface area (Å²) in [5.41, 5.74) is 4.52. The number of rotatable bonds is 5. The number of nitrogens with one attached hydrogen (secondary N) is 1. The van der Waals surface area contributed by atoms with Crippen molar-refractivity contribution in [3.63, 3.8) is 0 Å². The zero-order chi connectivity index (χ0) is 16.9. The lowest BCUT2D eigenvalue weighted by molar-refractivity contribution is -0.118. The lowest BCUT2D eigenvalue weighted by Crippen LogP contribution is -2.22. The fourth-order valence-corrected chi connectivity index (χ4v) is 3.16. The summed E-state index contributed by atoms with van der Waals surface area (Å²) in [6.45, 7) is 0.705. The number of ketones is 1. The van der Waals surface area contributed by atoms with E-state index in [2.05, 4.69) is 44.1 Å². The highest BCUT2D eigenvalue weighted by atomic mass is 16.1. The van der Waals surface area contributed by atoms with Crippen molar-refractivity contribution in [3.8, 4) is 0 Å². The Bertz CT molecular complexity index is 701. The van der Waals surface area contributed by atoms with Gasteiger partial charge >= 0.3 is 0 Å². The summed E-state index contributed by atoms with van der Waals surface area (Å²) in [5, 5.41) is 0. The number of aromatic nitrogens is 2. The highest BCUT2D eigenvalue weighted by Gasteiger charge is 2.25. The Morgan fingerprint density at radius 2 is 2.04 bits per heavy atom. The van der Waals surface area contributed by atoms with Crippen LogP contribution in [-0.4, -0.2) is 42.1 Å². The predicted molar refractivity (Wildman–Crippen MR) is 97.0 cm³/mol. The summed E-state index contributed by atoms with van der Waals surface area (Å²) < 4.78 is 0. The van der Waals surface area contributed by atoms with Crippen molar-refractivity contribution < 1.29 is 4.79 Å². The van der Waals surface area contributed by atoms with Crippen LogP contribution in [0.5, 0.6) is 0 Å². The van der Waals surface area contributed by atoms with E-state index in [9.17, 15) is 4.79 Å². The number of aliphatic imine (C=N–C) groups is 1. The molecule has 24 heavy (non-hydrogen) atoms. The lowest BCUT2D eigenvalue weighted by Gasteiger charge is -2.23. The van der Waals surface area contributed by atoms with Gasteiger partial charge in [0.15, 0.2) is 0 Å². The molecule has 0 aliphatic heterocycles. The summed E-state index contributed by atoms with van der Waals surface area (Å²) in [6.07, 6.45) is 6.35. The maximum absolute atomic E-state index is 12.1. The number of H-pyrrole nitrogens is 1. The summed E-state index contributed by atoms with van der Waals surface area (Å²) >= 11 is 0. The smallest absolute Gasteiger partial charge is 0.139 e. The van der Waals surface area contributed by atoms with Gasteiger partial charge in [-0.25, -0.2) is 4.98 Å². The summed E-state index contributed by atoms with van der Waals surface area (Å²) in [6, 6.07) is 8.51. The highest BCUT2D eigenvalue weighted by molar-refractivity contribution is 6.05. The molecule has 1 aliphatic rings. The van der Waals surface area contributed by atoms with Crippen LogP contribution in [0.2, 0.25) is 0 Å². The molecule has 0 radical (unpaired) electrons. The van der Waals surface area contributed by atoms with E-state index in [0.717, 1.165) is 24.2 Å². The van der Waals surface area contributed by atoms with Crippen molar-refractivity contribution in [1.82, 2.24) is 9.97 Å². The first-order valence-corrected chi connectivity index (χ1v) is 8.40. The molecule has 1 heterocycles. The lowest BCUT2D eigenvalue weighted by atomic mass is 9.82. The topological polar surface area (TPSA) is 61.4 Å². The molecule has 0 unspecified atom stereocenters.